The number of hydrogen-bond acceptors (Lipinski definition) is 9. The fourth-order valence-corrected chi connectivity index (χ4v) is 4.07. The quantitative estimate of drug-likeness (QED) is 0.124. The Labute approximate surface area is 207 Å². The summed E-state index contributed by atoms with van der Waals surface area (Å²) in [5, 5.41) is 0. The number of aromatic nitrogens is 2. The van der Waals surface area contributed by atoms with E-state index in [1.165, 1.54) is 0 Å². The topological polar surface area (TPSA) is 98.2 Å². The van der Waals surface area contributed by atoms with Crippen LogP contribution in [0.4, 0.5) is 4.79 Å². The molecule has 0 unspecified atom stereocenters. The van der Waals surface area contributed by atoms with Crippen molar-refractivity contribution in [2.45, 2.75) is 0 Å². The van der Waals surface area contributed by atoms with Gasteiger partial charge in [-0.1, -0.05) is 12.1 Å². The lowest BCUT2D eigenvalue weighted by molar-refractivity contribution is -0.00449. The lowest BCUT2D eigenvalue weighted by Gasteiger charge is -2.11. The van der Waals surface area contributed by atoms with Gasteiger partial charge in [-0.25, -0.2) is 14.8 Å². The zero-order valence-corrected chi connectivity index (χ0v) is 21.2. The Morgan fingerprint density at radius 2 is 1.33 bits per heavy atom. The molecule has 0 amide bonds. The minimum atomic E-state index is -0.859. The van der Waals surface area contributed by atoms with E-state index in [1.54, 1.807) is 13.2 Å². The van der Waals surface area contributed by atoms with Crippen molar-refractivity contribution < 1.29 is 33.2 Å². The van der Waals surface area contributed by atoms with Crippen molar-refractivity contribution in [3.63, 3.8) is 0 Å². The predicted octanol–water partition coefficient (Wildman–Crippen LogP) is 4.52. The molecule has 3 aromatic rings. The third-order valence-electron chi connectivity index (χ3n) is 4.29. The largest absolute Gasteiger partial charge is 0.514 e. The summed E-state index contributed by atoms with van der Waals surface area (Å²) < 4.78 is 32.7. The Morgan fingerprint density at radius 3 is 1.94 bits per heavy atom. The summed E-state index contributed by atoms with van der Waals surface area (Å²) in [7, 11) is 1.62. The van der Waals surface area contributed by atoms with Gasteiger partial charge < -0.3 is 28.4 Å². The lowest BCUT2D eigenvalue weighted by atomic mass is 10.2. The van der Waals surface area contributed by atoms with Crippen LogP contribution < -0.4 is 4.74 Å². The molecule has 0 aliphatic rings. The molecule has 1 aromatic heterocycles. The van der Waals surface area contributed by atoms with Crippen molar-refractivity contribution in [3.05, 3.63) is 39.3 Å². The molecule has 0 bridgehead atoms. The van der Waals surface area contributed by atoms with Gasteiger partial charge in [-0.15, -0.1) is 0 Å². The molecule has 178 valence electrons. The number of benzene rings is 2. The summed E-state index contributed by atoms with van der Waals surface area (Å²) in [5.74, 6) is 0.235. The highest BCUT2D eigenvalue weighted by atomic mass is 79.9. The van der Waals surface area contributed by atoms with Gasteiger partial charge in [0.15, 0.2) is 5.75 Å². The van der Waals surface area contributed by atoms with Crippen molar-refractivity contribution in [1.82, 2.24) is 9.97 Å². The normalized spacial score (nSPS) is 11.2. The number of rotatable bonds is 13. The van der Waals surface area contributed by atoms with Crippen molar-refractivity contribution in [1.29, 1.82) is 0 Å². The van der Waals surface area contributed by atoms with Crippen LogP contribution in [-0.4, -0.2) is 76.1 Å². The smallest absolute Gasteiger partial charge is 0.432 e. The van der Waals surface area contributed by atoms with Gasteiger partial charge in [-0.2, -0.15) is 0 Å². The van der Waals surface area contributed by atoms with Gasteiger partial charge in [-0.3, -0.25) is 0 Å². The highest BCUT2D eigenvalue weighted by molar-refractivity contribution is 9.11. The molecule has 0 N–H and O–H groups in total. The van der Waals surface area contributed by atoms with E-state index in [4.69, 9.17) is 28.4 Å². The summed E-state index contributed by atoms with van der Waals surface area (Å²) >= 11 is 6.90. The molecule has 0 aliphatic heterocycles. The molecule has 0 saturated carbocycles. The third-order valence-corrected chi connectivity index (χ3v) is 5.48. The summed E-state index contributed by atoms with van der Waals surface area (Å²) in [6.07, 6.45) is -0.859. The van der Waals surface area contributed by atoms with Crippen LogP contribution in [0.25, 0.3) is 22.1 Å². The number of nitrogens with zero attached hydrogens (tertiary/aromatic N) is 2. The number of para-hydroxylation sites is 2. The summed E-state index contributed by atoms with van der Waals surface area (Å²) in [6.45, 7) is 3.13. The number of fused-ring (bicyclic) bond motifs is 2. The second-order valence-corrected chi connectivity index (χ2v) is 8.32. The summed E-state index contributed by atoms with van der Waals surface area (Å²) in [6, 6.07) is 9.21. The molecular formula is C22H24Br2N2O7. The third kappa shape index (κ3) is 7.83. The number of ether oxygens (including phenoxy) is 6. The van der Waals surface area contributed by atoms with Crippen LogP contribution >= 0.6 is 31.9 Å². The standard InChI is InChI=1S/C22H24Br2N2O7/c1-28-6-7-29-8-9-30-10-11-31-12-13-32-22(27)33-21-16(24)14-15(23)19-20(21)26-18-5-3-2-4-17(18)25-19/h2-5,14H,6-13H2,1H3. The van der Waals surface area contributed by atoms with Crippen LogP contribution in [0.1, 0.15) is 0 Å². The van der Waals surface area contributed by atoms with E-state index in [0.29, 0.717) is 60.7 Å². The number of hydrogen-bond donors (Lipinski definition) is 0. The van der Waals surface area contributed by atoms with Crippen LogP contribution in [0.15, 0.2) is 39.3 Å². The van der Waals surface area contributed by atoms with Crippen LogP contribution in [0, 0.1) is 0 Å². The number of carbonyl (C=O) groups is 1. The molecule has 0 aliphatic carbocycles. The molecule has 0 radical (unpaired) electrons. The highest BCUT2D eigenvalue weighted by Gasteiger charge is 2.18. The molecule has 0 spiro atoms. The highest BCUT2D eigenvalue weighted by Crippen LogP contribution is 2.37. The predicted molar refractivity (Wildman–Crippen MR) is 129 cm³/mol. The zero-order chi connectivity index (χ0) is 23.5. The fraction of sp³-hybridized carbons (Fsp3) is 0.409. The van der Waals surface area contributed by atoms with Crippen LogP contribution in [-0.2, 0) is 23.7 Å². The first-order chi connectivity index (χ1) is 16.1. The van der Waals surface area contributed by atoms with E-state index in [1.807, 2.05) is 24.3 Å². The summed E-state index contributed by atoms with van der Waals surface area (Å²) in [5.41, 5.74) is 2.44. The molecule has 9 nitrogen and oxygen atoms in total. The van der Waals surface area contributed by atoms with Crippen molar-refractivity contribution in [3.8, 4) is 5.75 Å². The zero-order valence-electron chi connectivity index (χ0n) is 18.1. The van der Waals surface area contributed by atoms with E-state index >= 15 is 0 Å². The minimum Gasteiger partial charge on any atom is -0.432 e. The van der Waals surface area contributed by atoms with E-state index < -0.39 is 6.16 Å². The van der Waals surface area contributed by atoms with Crippen molar-refractivity contribution >= 4 is 60.1 Å². The van der Waals surface area contributed by atoms with Gasteiger partial charge in [0.25, 0.3) is 0 Å². The molecule has 2 aromatic carbocycles. The molecule has 0 saturated heterocycles. The van der Waals surface area contributed by atoms with E-state index in [9.17, 15) is 4.79 Å². The van der Waals surface area contributed by atoms with Crippen LogP contribution in [0.2, 0.25) is 0 Å². The second kappa shape index (κ2) is 13.7. The van der Waals surface area contributed by atoms with Crippen LogP contribution in [0.5, 0.6) is 5.75 Å². The second-order valence-electron chi connectivity index (χ2n) is 6.61. The molecule has 3 rings (SSSR count). The Kier molecular flexibility index (Phi) is 10.7. The first kappa shape index (κ1) is 25.7. The molecule has 0 fully saturated rings. The number of carbonyl (C=O) groups excluding carboxylic acids is 1. The maximum absolute atomic E-state index is 12.2. The fourth-order valence-electron chi connectivity index (χ4n) is 2.76. The minimum absolute atomic E-state index is 0.0413. The Balaban J connectivity index is 1.43. The lowest BCUT2D eigenvalue weighted by Crippen LogP contribution is -2.16. The van der Waals surface area contributed by atoms with Gasteiger partial charge >= 0.3 is 6.16 Å². The average Bonchev–Trinajstić information content (AvgIpc) is 2.81. The maximum Gasteiger partial charge on any atom is 0.514 e. The van der Waals surface area contributed by atoms with Gasteiger partial charge in [-0.05, 0) is 50.1 Å². The molecular weight excluding hydrogens is 564 g/mol. The Bertz CT molecular complexity index is 1070. The Morgan fingerprint density at radius 1 is 0.788 bits per heavy atom. The molecule has 1 heterocycles. The molecule has 11 heteroatoms. The van der Waals surface area contributed by atoms with Gasteiger partial charge in [0.05, 0.1) is 61.8 Å². The molecule has 33 heavy (non-hydrogen) atoms. The van der Waals surface area contributed by atoms with Crippen LogP contribution in [0.3, 0.4) is 0 Å². The van der Waals surface area contributed by atoms with E-state index in [-0.39, 0.29) is 19.0 Å². The Hall–Kier alpha value is -1.89. The molecule has 0 atom stereocenters. The van der Waals surface area contributed by atoms with Crippen molar-refractivity contribution in [2.75, 3.05) is 60.0 Å². The summed E-state index contributed by atoms with van der Waals surface area (Å²) in [4.78, 5) is 21.4. The van der Waals surface area contributed by atoms with Gasteiger partial charge in [0.1, 0.15) is 17.6 Å². The van der Waals surface area contributed by atoms with Gasteiger partial charge in [0, 0.05) is 11.6 Å². The number of methoxy groups -OCH3 is 1. The SMILES string of the molecule is COCCOCCOCCOCCOC(=O)Oc1c(Br)cc(Br)c2nc3ccccc3nc12. The number of halogens is 2. The first-order valence-electron chi connectivity index (χ1n) is 10.2. The first-order valence-corrected chi connectivity index (χ1v) is 11.8. The monoisotopic (exact) mass is 586 g/mol. The van der Waals surface area contributed by atoms with Crippen molar-refractivity contribution in [2.24, 2.45) is 0 Å². The van der Waals surface area contributed by atoms with E-state index in [2.05, 4.69) is 41.8 Å². The average molecular weight is 588 g/mol. The van der Waals surface area contributed by atoms with E-state index in [0.717, 1.165) is 9.99 Å². The maximum atomic E-state index is 12.2. The van der Waals surface area contributed by atoms with Gasteiger partial charge in [0.2, 0.25) is 0 Å².